The zero-order valence-corrected chi connectivity index (χ0v) is 11.8. The van der Waals surface area contributed by atoms with Crippen molar-refractivity contribution in [2.45, 2.75) is 44.4 Å². The lowest BCUT2D eigenvalue weighted by molar-refractivity contribution is 0.199. The predicted molar refractivity (Wildman–Crippen MR) is 76.3 cm³/mol. The van der Waals surface area contributed by atoms with Crippen LogP contribution in [0.4, 0.5) is 5.82 Å². The highest BCUT2D eigenvalue weighted by Crippen LogP contribution is 2.30. The summed E-state index contributed by atoms with van der Waals surface area (Å²) in [6.45, 7) is 3.93. The molecule has 104 valence electrons. The van der Waals surface area contributed by atoms with E-state index in [9.17, 15) is 5.11 Å². The van der Waals surface area contributed by atoms with Gasteiger partial charge in [-0.2, -0.15) is 0 Å². The van der Waals surface area contributed by atoms with Crippen LogP contribution in [0.5, 0.6) is 0 Å². The molecule has 3 heterocycles. The van der Waals surface area contributed by atoms with E-state index < -0.39 is 6.10 Å². The van der Waals surface area contributed by atoms with Gasteiger partial charge in [0.1, 0.15) is 5.82 Å². The van der Waals surface area contributed by atoms with E-state index in [2.05, 4.69) is 21.8 Å². The second kappa shape index (κ2) is 5.10. The van der Waals surface area contributed by atoms with Crippen molar-refractivity contribution in [3.8, 4) is 0 Å². The Bertz CT molecular complexity index is 449. The molecular weight excluding hydrogens is 238 g/mol. The number of likely N-dealkylation sites (N-methyl/N-ethyl adjacent to an activating group) is 1. The number of hydrogen-bond acceptors (Lipinski definition) is 4. The minimum atomic E-state index is -0.423. The molecule has 3 atom stereocenters. The summed E-state index contributed by atoms with van der Waals surface area (Å²) < 4.78 is 0. The fourth-order valence-electron chi connectivity index (χ4n) is 3.38. The van der Waals surface area contributed by atoms with Crippen molar-refractivity contribution in [1.82, 2.24) is 9.88 Å². The van der Waals surface area contributed by atoms with Crippen LogP contribution in [-0.4, -0.2) is 47.2 Å². The molecule has 0 saturated carbocycles. The van der Waals surface area contributed by atoms with Gasteiger partial charge in [-0.25, -0.2) is 4.98 Å². The van der Waals surface area contributed by atoms with Gasteiger partial charge in [-0.1, -0.05) is 0 Å². The Labute approximate surface area is 115 Å². The van der Waals surface area contributed by atoms with Crippen LogP contribution >= 0.6 is 0 Å². The van der Waals surface area contributed by atoms with E-state index in [1.165, 1.54) is 19.3 Å². The van der Waals surface area contributed by atoms with E-state index in [0.29, 0.717) is 6.04 Å². The molecule has 2 fully saturated rings. The molecule has 0 aromatic carbocycles. The lowest BCUT2D eigenvalue weighted by atomic mass is 10.1. The fourth-order valence-corrected chi connectivity index (χ4v) is 3.38. The summed E-state index contributed by atoms with van der Waals surface area (Å²) in [5.74, 6) is 1.01. The molecule has 1 aromatic rings. The van der Waals surface area contributed by atoms with Gasteiger partial charge in [-0.3, -0.25) is 4.90 Å². The number of fused-ring (bicyclic) bond motifs is 2. The van der Waals surface area contributed by atoms with E-state index in [4.69, 9.17) is 0 Å². The summed E-state index contributed by atoms with van der Waals surface area (Å²) in [5.41, 5.74) is 0.952. The average molecular weight is 261 g/mol. The maximum Gasteiger partial charge on any atom is 0.128 e. The van der Waals surface area contributed by atoms with Gasteiger partial charge in [-0.05, 0) is 50.9 Å². The standard InChI is InChI=1S/C15H23N3O/c1-11(19)12-5-7-16-15(9-12)18-8-6-13-3-4-14(10-18)17(13)2/h5,7,9,11,13-14,19H,3-4,6,8,10H2,1-2H3. The molecular formula is C15H23N3O. The number of aromatic nitrogens is 1. The monoisotopic (exact) mass is 261 g/mol. The molecule has 2 aliphatic rings. The summed E-state index contributed by atoms with van der Waals surface area (Å²) in [6, 6.07) is 5.33. The average Bonchev–Trinajstić information content (AvgIpc) is 2.63. The van der Waals surface area contributed by atoms with E-state index in [1.807, 2.05) is 18.3 Å². The van der Waals surface area contributed by atoms with Crippen LogP contribution in [0.1, 0.15) is 37.9 Å². The molecule has 19 heavy (non-hydrogen) atoms. The third kappa shape index (κ3) is 2.47. The summed E-state index contributed by atoms with van der Waals surface area (Å²) >= 11 is 0. The van der Waals surface area contributed by atoms with E-state index in [-0.39, 0.29) is 0 Å². The maximum absolute atomic E-state index is 9.69. The van der Waals surface area contributed by atoms with Gasteiger partial charge in [0.15, 0.2) is 0 Å². The zero-order chi connectivity index (χ0) is 13.4. The molecule has 2 bridgehead atoms. The molecule has 1 N–H and O–H groups in total. The number of pyridine rings is 1. The minimum Gasteiger partial charge on any atom is -0.389 e. The number of nitrogens with zero attached hydrogens (tertiary/aromatic N) is 3. The first-order valence-corrected chi connectivity index (χ1v) is 7.26. The highest BCUT2D eigenvalue weighted by atomic mass is 16.3. The Morgan fingerprint density at radius 1 is 1.32 bits per heavy atom. The first-order chi connectivity index (χ1) is 9.15. The second-order valence-electron chi connectivity index (χ2n) is 5.91. The summed E-state index contributed by atoms with van der Waals surface area (Å²) in [4.78, 5) is 9.41. The summed E-state index contributed by atoms with van der Waals surface area (Å²) in [6.07, 6.45) is 5.25. The van der Waals surface area contributed by atoms with Gasteiger partial charge in [-0.15, -0.1) is 0 Å². The van der Waals surface area contributed by atoms with Crippen LogP contribution in [0.2, 0.25) is 0 Å². The van der Waals surface area contributed by atoms with Crippen LogP contribution < -0.4 is 4.90 Å². The van der Waals surface area contributed by atoms with Gasteiger partial charge in [0, 0.05) is 31.4 Å². The third-order valence-electron chi connectivity index (χ3n) is 4.72. The molecule has 4 nitrogen and oxygen atoms in total. The molecule has 0 radical (unpaired) electrons. The van der Waals surface area contributed by atoms with Crippen molar-refractivity contribution in [2.24, 2.45) is 0 Å². The van der Waals surface area contributed by atoms with Crippen molar-refractivity contribution in [3.05, 3.63) is 23.9 Å². The summed E-state index contributed by atoms with van der Waals surface area (Å²) in [5, 5.41) is 9.69. The Kier molecular flexibility index (Phi) is 3.46. The molecule has 4 heteroatoms. The lowest BCUT2D eigenvalue weighted by Gasteiger charge is -2.27. The largest absolute Gasteiger partial charge is 0.389 e. The van der Waals surface area contributed by atoms with Crippen molar-refractivity contribution in [3.63, 3.8) is 0 Å². The first kappa shape index (κ1) is 12.9. The number of aliphatic hydroxyl groups is 1. The van der Waals surface area contributed by atoms with Crippen LogP contribution in [-0.2, 0) is 0 Å². The van der Waals surface area contributed by atoms with Gasteiger partial charge in [0.25, 0.3) is 0 Å². The SMILES string of the molecule is CC(O)c1ccnc(N2CCC3CCC(C2)N3C)c1. The van der Waals surface area contributed by atoms with Gasteiger partial charge in [0.05, 0.1) is 6.10 Å². The third-order valence-corrected chi connectivity index (χ3v) is 4.72. The van der Waals surface area contributed by atoms with E-state index in [1.54, 1.807) is 6.92 Å². The second-order valence-corrected chi connectivity index (χ2v) is 5.91. The summed E-state index contributed by atoms with van der Waals surface area (Å²) in [7, 11) is 2.26. The molecule has 2 saturated heterocycles. The first-order valence-electron chi connectivity index (χ1n) is 7.26. The molecule has 0 spiro atoms. The van der Waals surface area contributed by atoms with Gasteiger partial charge in [0.2, 0.25) is 0 Å². The normalized spacial score (nSPS) is 29.3. The number of rotatable bonds is 2. The Hall–Kier alpha value is -1.13. The van der Waals surface area contributed by atoms with Crippen LogP contribution in [0.25, 0.3) is 0 Å². The Balaban J connectivity index is 1.81. The topological polar surface area (TPSA) is 39.6 Å². The zero-order valence-electron chi connectivity index (χ0n) is 11.8. The highest BCUT2D eigenvalue weighted by Gasteiger charge is 2.34. The van der Waals surface area contributed by atoms with Gasteiger partial charge >= 0.3 is 0 Å². The Morgan fingerprint density at radius 2 is 2.11 bits per heavy atom. The van der Waals surface area contributed by atoms with Crippen LogP contribution in [0.3, 0.4) is 0 Å². The van der Waals surface area contributed by atoms with Crippen LogP contribution in [0, 0.1) is 0 Å². The molecule has 2 aliphatic heterocycles. The van der Waals surface area contributed by atoms with Crippen LogP contribution in [0.15, 0.2) is 18.3 Å². The van der Waals surface area contributed by atoms with Crippen molar-refractivity contribution >= 4 is 5.82 Å². The molecule has 3 rings (SSSR count). The predicted octanol–water partition coefficient (Wildman–Crippen LogP) is 1.81. The number of aliphatic hydroxyl groups excluding tert-OH is 1. The number of hydrogen-bond donors (Lipinski definition) is 1. The molecule has 3 unspecified atom stereocenters. The van der Waals surface area contributed by atoms with E-state index >= 15 is 0 Å². The smallest absolute Gasteiger partial charge is 0.128 e. The molecule has 0 aliphatic carbocycles. The van der Waals surface area contributed by atoms with Crippen molar-refractivity contribution < 1.29 is 5.11 Å². The van der Waals surface area contributed by atoms with Crippen molar-refractivity contribution in [1.29, 1.82) is 0 Å². The lowest BCUT2D eigenvalue weighted by Crippen LogP contribution is -2.37. The van der Waals surface area contributed by atoms with Crippen molar-refractivity contribution in [2.75, 3.05) is 25.0 Å². The Morgan fingerprint density at radius 3 is 2.89 bits per heavy atom. The molecule has 1 aromatic heterocycles. The minimum absolute atomic E-state index is 0.423. The fraction of sp³-hybridized carbons (Fsp3) is 0.667. The molecule has 0 amide bonds. The maximum atomic E-state index is 9.69. The highest BCUT2D eigenvalue weighted by molar-refractivity contribution is 5.42. The number of anilines is 1. The van der Waals surface area contributed by atoms with E-state index in [0.717, 1.165) is 30.5 Å². The van der Waals surface area contributed by atoms with Gasteiger partial charge < -0.3 is 10.0 Å². The quantitative estimate of drug-likeness (QED) is 0.881.